The maximum Gasteiger partial charge on any atom is 0.210 e. The Morgan fingerprint density at radius 1 is 1.17 bits per heavy atom. The van der Waals surface area contributed by atoms with Gasteiger partial charge in [-0.3, -0.25) is 0 Å². The lowest BCUT2D eigenvalue weighted by molar-refractivity contribution is 0.142. The SMILES string of the molecule is Fc1c(OC2CCNCC2)ccc2c1OCCO2. The number of hydrogen-bond acceptors (Lipinski definition) is 4. The summed E-state index contributed by atoms with van der Waals surface area (Å²) in [5.41, 5.74) is 0. The first-order valence-electron chi connectivity index (χ1n) is 6.30. The van der Waals surface area contributed by atoms with Crippen molar-refractivity contribution in [2.45, 2.75) is 18.9 Å². The van der Waals surface area contributed by atoms with Gasteiger partial charge in [-0.15, -0.1) is 0 Å². The highest BCUT2D eigenvalue weighted by Gasteiger charge is 2.23. The standard InChI is InChI=1S/C13H16FNO3/c14-12-10(18-9-3-5-15-6-4-9)1-2-11-13(12)17-8-7-16-11/h1-2,9,15H,3-8H2. The molecule has 0 unspecified atom stereocenters. The molecule has 1 aromatic carbocycles. The van der Waals surface area contributed by atoms with E-state index in [1.165, 1.54) is 0 Å². The van der Waals surface area contributed by atoms with Crippen LogP contribution < -0.4 is 19.5 Å². The minimum Gasteiger partial charge on any atom is -0.487 e. The Bertz CT molecular complexity index is 432. The number of rotatable bonds is 2. The number of fused-ring (bicyclic) bond motifs is 1. The van der Waals surface area contributed by atoms with Crippen LogP contribution >= 0.6 is 0 Å². The molecule has 2 heterocycles. The fourth-order valence-corrected chi connectivity index (χ4v) is 2.25. The summed E-state index contributed by atoms with van der Waals surface area (Å²) in [6, 6.07) is 3.32. The summed E-state index contributed by atoms with van der Waals surface area (Å²) in [7, 11) is 0. The van der Waals surface area contributed by atoms with E-state index >= 15 is 0 Å². The van der Waals surface area contributed by atoms with Gasteiger partial charge in [0.2, 0.25) is 11.6 Å². The van der Waals surface area contributed by atoms with Crippen LogP contribution in [0.3, 0.4) is 0 Å². The van der Waals surface area contributed by atoms with E-state index in [4.69, 9.17) is 14.2 Å². The van der Waals surface area contributed by atoms with E-state index in [1.54, 1.807) is 12.1 Å². The number of piperidine rings is 1. The zero-order valence-corrected chi connectivity index (χ0v) is 10.1. The zero-order chi connectivity index (χ0) is 12.4. The second kappa shape index (κ2) is 5.02. The summed E-state index contributed by atoms with van der Waals surface area (Å²) >= 11 is 0. The Hall–Kier alpha value is -1.49. The van der Waals surface area contributed by atoms with Crippen molar-refractivity contribution < 1.29 is 18.6 Å². The minimum atomic E-state index is -0.453. The Morgan fingerprint density at radius 3 is 2.78 bits per heavy atom. The first-order valence-corrected chi connectivity index (χ1v) is 6.30. The number of halogens is 1. The second-order valence-electron chi connectivity index (χ2n) is 4.47. The van der Waals surface area contributed by atoms with Crippen molar-refractivity contribution in [1.82, 2.24) is 5.32 Å². The molecule has 4 nitrogen and oxygen atoms in total. The molecule has 0 amide bonds. The van der Waals surface area contributed by atoms with Gasteiger partial charge in [0.15, 0.2) is 11.5 Å². The van der Waals surface area contributed by atoms with Crippen LogP contribution in [0.25, 0.3) is 0 Å². The maximum atomic E-state index is 14.2. The molecule has 1 fully saturated rings. The van der Waals surface area contributed by atoms with Crippen molar-refractivity contribution in [3.63, 3.8) is 0 Å². The Kier molecular flexibility index (Phi) is 3.23. The molecule has 2 aliphatic rings. The summed E-state index contributed by atoms with van der Waals surface area (Å²) in [4.78, 5) is 0. The minimum absolute atomic E-state index is 0.0725. The van der Waals surface area contributed by atoms with Crippen LogP contribution in [-0.4, -0.2) is 32.4 Å². The average molecular weight is 253 g/mol. The van der Waals surface area contributed by atoms with Crippen molar-refractivity contribution in [3.8, 4) is 17.2 Å². The van der Waals surface area contributed by atoms with E-state index in [0.29, 0.717) is 19.0 Å². The Morgan fingerprint density at radius 2 is 1.94 bits per heavy atom. The van der Waals surface area contributed by atoms with Gasteiger partial charge in [0.1, 0.15) is 19.3 Å². The van der Waals surface area contributed by atoms with Gasteiger partial charge >= 0.3 is 0 Å². The van der Waals surface area contributed by atoms with E-state index in [-0.39, 0.29) is 17.6 Å². The summed E-state index contributed by atoms with van der Waals surface area (Å²) in [6.45, 7) is 2.66. The lowest BCUT2D eigenvalue weighted by Gasteiger charge is -2.25. The largest absolute Gasteiger partial charge is 0.487 e. The molecule has 0 spiro atoms. The molecule has 2 aliphatic heterocycles. The summed E-state index contributed by atoms with van der Waals surface area (Å²) in [6.07, 6.45) is 1.87. The number of nitrogens with one attached hydrogen (secondary N) is 1. The predicted octanol–water partition coefficient (Wildman–Crippen LogP) is 1.73. The molecule has 0 bridgehead atoms. The molecule has 1 saturated heterocycles. The summed E-state index contributed by atoms with van der Waals surface area (Å²) < 4.78 is 30.5. The topological polar surface area (TPSA) is 39.7 Å². The zero-order valence-electron chi connectivity index (χ0n) is 10.1. The first kappa shape index (κ1) is 11.6. The molecule has 0 radical (unpaired) electrons. The summed E-state index contributed by atoms with van der Waals surface area (Å²) in [5.74, 6) is 0.431. The monoisotopic (exact) mass is 253 g/mol. The van der Waals surface area contributed by atoms with E-state index in [9.17, 15) is 4.39 Å². The average Bonchev–Trinajstić information content (AvgIpc) is 2.43. The van der Waals surface area contributed by atoms with E-state index in [2.05, 4.69) is 5.32 Å². The van der Waals surface area contributed by atoms with Gasteiger partial charge < -0.3 is 19.5 Å². The maximum absolute atomic E-state index is 14.2. The van der Waals surface area contributed by atoms with Gasteiger partial charge in [-0.2, -0.15) is 4.39 Å². The summed E-state index contributed by atoms with van der Waals surface area (Å²) in [5, 5.41) is 3.25. The lowest BCUT2D eigenvalue weighted by atomic mass is 10.1. The predicted molar refractivity (Wildman–Crippen MR) is 63.9 cm³/mol. The highest BCUT2D eigenvalue weighted by Crippen LogP contribution is 2.38. The molecule has 98 valence electrons. The van der Waals surface area contributed by atoms with Crippen LogP contribution in [0.2, 0.25) is 0 Å². The number of hydrogen-bond donors (Lipinski definition) is 1. The Balaban J connectivity index is 1.79. The number of benzene rings is 1. The van der Waals surface area contributed by atoms with Crippen LogP contribution in [0.1, 0.15) is 12.8 Å². The Labute approximate surface area is 105 Å². The van der Waals surface area contributed by atoms with Crippen LogP contribution in [0.15, 0.2) is 12.1 Å². The van der Waals surface area contributed by atoms with Crippen molar-refractivity contribution in [2.75, 3.05) is 26.3 Å². The van der Waals surface area contributed by atoms with Crippen molar-refractivity contribution in [1.29, 1.82) is 0 Å². The number of ether oxygens (including phenoxy) is 3. The molecular weight excluding hydrogens is 237 g/mol. The van der Waals surface area contributed by atoms with E-state index in [0.717, 1.165) is 25.9 Å². The quantitative estimate of drug-likeness (QED) is 0.871. The fraction of sp³-hybridized carbons (Fsp3) is 0.538. The molecule has 0 aromatic heterocycles. The molecule has 0 aliphatic carbocycles. The van der Waals surface area contributed by atoms with Gasteiger partial charge in [-0.25, -0.2) is 0 Å². The van der Waals surface area contributed by atoms with Gasteiger partial charge in [0.05, 0.1) is 0 Å². The van der Waals surface area contributed by atoms with Crippen LogP contribution in [0.5, 0.6) is 17.2 Å². The second-order valence-corrected chi connectivity index (χ2v) is 4.47. The van der Waals surface area contributed by atoms with Crippen LogP contribution in [0.4, 0.5) is 4.39 Å². The third-order valence-electron chi connectivity index (χ3n) is 3.19. The first-order chi connectivity index (χ1) is 8.84. The van der Waals surface area contributed by atoms with E-state index < -0.39 is 5.82 Å². The third-order valence-corrected chi connectivity index (χ3v) is 3.19. The molecule has 18 heavy (non-hydrogen) atoms. The van der Waals surface area contributed by atoms with Gasteiger partial charge in [0, 0.05) is 0 Å². The molecular formula is C13H16FNO3. The van der Waals surface area contributed by atoms with Gasteiger partial charge in [-0.05, 0) is 38.1 Å². The van der Waals surface area contributed by atoms with Crippen molar-refractivity contribution in [2.24, 2.45) is 0 Å². The lowest BCUT2D eigenvalue weighted by Crippen LogP contribution is -2.34. The fourth-order valence-electron chi connectivity index (χ4n) is 2.25. The van der Waals surface area contributed by atoms with Gasteiger partial charge in [0.25, 0.3) is 0 Å². The van der Waals surface area contributed by atoms with Crippen LogP contribution in [0, 0.1) is 5.82 Å². The molecule has 1 aromatic rings. The van der Waals surface area contributed by atoms with Crippen molar-refractivity contribution in [3.05, 3.63) is 17.9 Å². The highest BCUT2D eigenvalue weighted by molar-refractivity contribution is 5.48. The molecule has 0 saturated carbocycles. The van der Waals surface area contributed by atoms with Crippen molar-refractivity contribution >= 4 is 0 Å². The highest BCUT2D eigenvalue weighted by atomic mass is 19.1. The smallest absolute Gasteiger partial charge is 0.210 e. The molecule has 0 atom stereocenters. The molecule has 5 heteroatoms. The van der Waals surface area contributed by atoms with Crippen LogP contribution in [-0.2, 0) is 0 Å². The normalized spacial score (nSPS) is 19.6. The third kappa shape index (κ3) is 2.22. The molecule has 3 rings (SSSR count). The van der Waals surface area contributed by atoms with Gasteiger partial charge in [-0.1, -0.05) is 0 Å². The molecule has 1 N–H and O–H groups in total. The van der Waals surface area contributed by atoms with E-state index in [1.807, 2.05) is 0 Å².